The SMILES string of the molecule is Cc1cn(CC2CCCCC2)c2cc(C(=O)N=c3c(Cl)cn(O)cc3Cl)ccc12. The minimum absolute atomic E-state index is 0.103. The van der Waals surface area contributed by atoms with Gasteiger partial charge < -0.3 is 9.77 Å². The first-order valence-electron chi connectivity index (χ1n) is 9.87. The van der Waals surface area contributed by atoms with Crippen LogP contribution in [0.1, 0.15) is 48.0 Å². The lowest BCUT2D eigenvalue weighted by Gasteiger charge is -2.22. The Morgan fingerprint density at radius 2 is 1.83 bits per heavy atom. The topological polar surface area (TPSA) is 59.5 Å². The van der Waals surface area contributed by atoms with E-state index < -0.39 is 5.91 Å². The van der Waals surface area contributed by atoms with E-state index in [1.54, 1.807) is 6.07 Å². The monoisotopic (exact) mass is 431 g/mol. The summed E-state index contributed by atoms with van der Waals surface area (Å²) in [6.07, 6.45) is 11.1. The molecule has 0 saturated heterocycles. The third-order valence-electron chi connectivity index (χ3n) is 5.67. The molecule has 3 aromatic rings. The third-order valence-corrected chi connectivity index (χ3v) is 6.22. The largest absolute Gasteiger partial charge is 0.429 e. The minimum Gasteiger partial charge on any atom is -0.429 e. The molecule has 2 aromatic heterocycles. The average Bonchev–Trinajstić information content (AvgIpc) is 3.00. The second kappa shape index (κ2) is 8.25. The quantitative estimate of drug-likeness (QED) is 0.547. The highest BCUT2D eigenvalue weighted by Crippen LogP contribution is 2.29. The summed E-state index contributed by atoms with van der Waals surface area (Å²) in [6.45, 7) is 3.07. The Kier molecular flexibility index (Phi) is 5.70. The Labute approximate surface area is 179 Å². The summed E-state index contributed by atoms with van der Waals surface area (Å²) in [5, 5.41) is 11.0. The van der Waals surface area contributed by atoms with Crippen LogP contribution in [0.4, 0.5) is 0 Å². The van der Waals surface area contributed by atoms with E-state index in [0.717, 1.165) is 22.2 Å². The van der Waals surface area contributed by atoms with Crippen LogP contribution >= 0.6 is 23.2 Å². The van der Waals surface area contributed by atoms with E-state index >= 15 is 0 Å². The molecule has 0 unspecified atom stereocenters. The number of nitrogens with zero attached hydrogens (tertiary/aromatic N) is 3. The number of aryl methyl sites for hydroxylation is 1. The van der Waals surface area contributed by atoms with Gasteiger partial charge in [0.15, 0.2) is 0 Å². The van der Waals surface area contributed by atoms with E-state index in [1.807, 2.05) is 12.1 Å². The summed E-state index contributed by atoms with van der Waals surface area (Å²) < 4.78 is 3.01. The van der Waals surface area contributed by atoms with Gasteiger partial charge in [-0.3, -0.25) is 4.79 Å². The second-order valence-electron chi connectivity index (χ2n) is 7.80. The van der Waals surface area contributed by atoms with E-state index in [-0.39, 0.29) is 15.4 Å². The zero-order chi connectivity index (χ0) is 20.5. The molecule has 1 aliphatic rings. The zero-order valence-corrected chi connectivity index (χ0v) is 17.7. The van der Waals surface area contributed by atoms with Gasteiger partial charge in [-0.05, 0) is 43.4 Å². The lowest BCUT2D eigenvalue weighted by molar-refractivity contribution is 0.0998. The molecule has 0 aliphatic heterocycles. The number of aromatic nitrogens is 2. The van der Waals surface area contributed by atoms with Crippen LogP contribution in [0, 0.1) is 12.8 Å². The number of benzene rings is 1. The highest BCUT2D eigenvalue weighted by molar-refractivity contribution is 6.34. The number of hydrogen-bond donors (Lipinski definition) is 1. The standard InChI is InChI=1S/C22H23Cl2N3O2/c1-14-10-26(11-15-5-3-2-4-6-15)20-9-16(7-8-17(14)20)22(28)25-21-18(23)12-27(29)13-19(21)24/h7-10,12-13,15,29H,2-6,11H2,1H3. The number of amides is 1. The van der Waals surface area contributed by atoms with Gasteiger partial charge in [0.25, 0.3) is 5.91 Å². The molecule has 1 aromatic carbocycles. The number of carbonyl (C=O) groups is 1. The molecule has 1 N–H and O–H groups in total. The Morgan fingerprint density at radius 1 is 1.14 bits per heavy atom. The van der Waals surface area contributed by atoms with Crippen molar-refractivity contribution in [1.29, 1.82) is 0 Å². The van der Waals surface area contributed by atoms with Crippen molar-refractivity contribution in [2.24, 2.45) is 10.9 Å². The molecule has 2 heterocycles. The number of fused-ring (bicyclic) bond motifs is 1. The van der Waals surface area contributed by atoms with Crippen LogP contribution in [-0.4, -0.2) is 20.4 Å². The van der Waals surface area contributed by atoms with E-state index in [9.17, 15) is 10.0 Å². The van der Waals surface area contributed by atoms with Crippen LogP contribution in [0.2, 0.25) is 10.0 Å². The smallest absolute Gasteiger partial charge is 0.277 e. The molecule has 4 rings (SSSR count). The van der Waals surface area contributed by atoms with E-state index in [0.29, 0.717) is 11.5 Å². The first-order chi connectivity index (χ1) is 13.9. The highest BCUT2D eigenvalue weighted by Gasteiger charge is 2.17. The minimum atomic E-state index is -0.422. The Hall–Kier alpha value is -2.24. The van der Waals surface area contributed by atoms with Gasteiger partial charge in [0.05, 0.1) is 22.4 Å². The molecule has 1 amide bonds. The van der Waals surface area contributed by atoms with Gasteiger partial charge in [-0.2, -0.15) is 4.73 Å². The summed E-state index contributed by atoms with van der Waals surface area (Å²) >= 11 is 12.2. The van der Waals surface area contributed by atoms with Gasteiger partial charge >= 0.3 is 0 Å². The maximum atomic E-state index is 12.8. The lowest BCUT2D eigenvalue weighted by Crippen LogP contribution is -2.14. The van der Waals surface area contributed by atoms with Crippen molar-refractivity contribution in [2.45, 2.75) is 45.6 Å². The van der Waals surface area contributed by atoms with Gasteiger partial charge in [0.2, 0.25) is 0 Å². The molecule has 1 aliphatic carbocycles. The first kappa shape index (κ1) is 20.0. The van der Waals surface area contributed by atoms with E-state index in [2.05, 4.69) is 22.7 Å². The van der Waals surface area contributed by atoms with E-state index in [1.165, 1.54) is 50.1 Å². The fraction of sp³-hybridized carbons (Fsp3) is 0.364. The van der Waals surface area contributed by atoms with Crippen LogP contribution in [0.25, 0.3) is 10.9 Å². The molecule has 7 heteroatoms. The molecule has 5 nitrogen and oxygen atoms in total. The van der Waals surface area contributed by atoms with Gasteiger partial charge in [-0.15, -0.1) is 0 Å². The van der Waals surface area contributed by atoms with Gasteiger partial charge in [-0.1, -0.05) is 48.5 Å². The molecule has 29 heavy (non-hydrogen) atoms. The molecule has 1 fully saturated rings. The average molecular weight is 432 g/mol. The number of carbonyl (C=O) groups excluding carboxylic acids is 1. The molecule has 0 spiro atoms. The predicted molar refractivity (Wildman–Crippen MR) is 115 cm³/mol. The van der Waals surface area contributed by atoms with Gasteiger partial charge in [0.1, 0.15) is 5.36 Å². The Balaban J connectivity index is 1.70. The van der Waals surface area contributed by atoms with Crippen LogP contribution in [0.3, 0.4) is 0 Å². The molecule has 1 saturated carbocycles. The summed E-state index contributed by atoms with van der Waals surface area (Å²) in [6, 6.07) is 5.65. The second-order valence-corrected chi connectivity index (χ2v) is 8.61. The van der Waals surface area contributed by atoms with Crippen molar-refractivity contribution >= 4 is 40.0 Å². The normalized spacial score (nSPS) is 15.0. The summed E-state index contributed by atoms with van der Waals surface area (Å²) in [4.78, 5) is 16.9. The number of pyridine rings is 1. The fourth-order valence-corrected chi connectivity index (χ4v) is 4.72. The van der Waals surface area contributed by atoms with Crippen molar-refractivity contribution in [2.75, 3.05) is 0 Å². The van der Waals surface area contributed by atoms with Gasteiger partial charge in [0, 0.05) is 29.2 Å². The number of rotatable bonds is 3. The Morgan fingerprint density at radius 3 is 2.52 bits per heavy atom. The van der Waals surface area contributed by atoms with Crippen LogP contribution in [0.5, 0.6) is 0 Å². The summed E-state index contributed by atoms with van der Waals surface area (Å²) in [7, 11) is 0. The molecular formula is C22H23Cl2N3O2. The van der Waals surface area contributed by atoms with Crippen LogP contribution < -0.4 is 5.36 Å². The maximum Gasteiger partial charge on any atom is 0.277 e. The third kappa shape index (κ3) is 4.21. The molecule has 0 atom stereocenters. The van der Waals surface area contributed by atoms with E-state index in [4.69, 9.17) is 23.2 Å². The fourth-order valence-electron chi connectivity index (χ4n) is 4.19. The molecule has 0 radical (unpaired) electrons. The van der Waals surface area contributed by atoms with Crippen LogP contribution in [0.15, 0.2) is 41.8 Å². The molecular weight excluding hydrogens is 409 g/mol. The summed E-state index contributed by atoms with van der Waals surface area (Å²) in [5.41, 5.74) is 2.73. The molecule has 152 valence electrons. The number of halogens is 2. The van der Waals surface area contributed by atoms with Crippen molar-refractivity contribution in [3.05, 3.63) is 63.3 Å². The van der Waals surface area contributed by atoms with Crippen molar-refractivity contribution in [3.8, 4) is 0 Å². The lowest BCUT2D eigenvalue weighted by atomic mass is 9.89. The number of hydrogen-bond acceptors (Lipinski definition) is 2. The predicted octanol–water partition coefficient (Wildman–Crippen LogP) is 5.62. The maximum absolute atomic E-state index is 12.8. The van der Waals surface area contributed by atoms with Crippen LogP contribution in [-0.2, 0) is 6.54 Å². The highest BCUT2D eigenvalue weighted by atomic mass is 35.5. The van der Waals surface area contributed by atoms with Gasteiger partial charge in [-0.25, -0.2) is 4.99 Å². The molecule has 0 bridgehead atoms. The van der Waals surface area contributed by atoms with Crippen molar-refractivity contribution in [1.82, 2.24) is 9.30 Å². The zero-order valence-electron chi connectivity index (χ0n) is 16.2. The Bertz CT molecular complexity index is 1110. The van der Waals surface area contributed by atoms with Crippen molar-refractivity contribution < 1.29 is 10.0 Å². The summed E-state index contributed by atoms with van der Waals surface area (Å²) in [5.74, 6) is 0.268. The first-order valence-corrected chi connectivity index (χ1v) is 10.6. The van der Waals surface area contributed by atoms with Crippen molar-refractivity contribution in [3.63, 3.8) is 0 Å².